The lowest BCUT2D eigenvalue weighted by molar-refractivity contribution is 0.610. The molecule has 1 nitrogen and oxygen atoms in total. The average Bonchev–Trinajstić information content (AvgIpc) is 2.33. The fraction of sp³-hybridized carbons (Fsp3) is 0.200. The first-order valence-corrected chi connectivity index (χ1v) is 6.78. The Bertz CT molecular complexity index is 597. The minimum absolute atomic E-state index is 0.268. The highest BCUT2D eigenvalue weighted by Gasteiger charge is 2.12. The summed E-state index contributed by atoms with van der Waals surface area (Å²) in [5, 5.41) is 0. The molecule has 0 saturated carbocycles. The molecular weight excluding hydrogens is 264 g/mol. The molecule has 19 heavy (non-hydrogen) atoms. The van der Waals surface area contributed by atoms with Crippen LogP contribution in [0.15, 0.2) is 46.2 Å². The number of benzene rings is 2. The van der Waals surface area contributed by atoms with E-state index in [4.69, 9.17) is 5.73 Å². The van der Waals surface area contributed by atoms with Crippen LogP contribution in [0, 0.1) is 18.6 Å². The summed E-state index contributed by atoms with van der Waals surface area (Å²) in [5.74, 6) is -0.554. The van der Waals surface area contributed by atoms with Gasteiger partial charge in [-0.05, 0) is 55.3 Å². The van der Waals surface area contributed by atoms with Gasteiger partial charge in [0.1, 0.15) is 11.6 Å². The zero-order valence-corrected chi connectivity index (χ0v) is 11.6. The molecule has 0 bridgehead atoms. The summed E-state index contributed by atoms with van der Waals surface area (Å²) in [7, 11) is 0. The lowest BCUT2D eigenvalue weighted by Gasteiger charge is -2.14. The molecule has 0 saturated heterocycles. The second-order valence-corrected chi connectivity index (χ2v) is 5.60. The van der Waals surface area contributed by atoms with Gasteiger partial charge in [0.15, 0.2) is 0 Å². The van der Waals surface area contributed by atoms with E-state index in [1.807, 2.05) is 6.07 Å². The Hall–Kier alpha value is -1.39. The van der Waals surface area contributed by atoms with Crippen LogP contribution in [0.25, 0.3) is 0 Å². The maximum absolute atomic E-state index is 13.6. The van der Waals surface area contributed by atoms with Gasteiger partial charge in [0.25, 0.3) is 0 Å². The molecule has 0 radical (unpaired) electrons. The van der Waals surface area contributed by atoms with Crippen molar-refractivity contribution in [2.75, 3.05) is 0 Å². The molecular formula is C15H15F2NS. The molecule has 2 aromatic carbocycles. The highest BCUT2D eigenvalue weighted by molar-refractivity contribution is 7.99. The molecule has 0 aromatic heterocycles. The van der Waals surface area contributed by atoms with Gasteiger partial charge in [0.2, 0.25) is 0 Å². The number of hydrogen-bond acceptors (Lipinski definition) is 2. The molecule has 0 aliphatic heterocycles. The second kappa shape index (κ2) is 5.72. The fourth-order valence-corrected chi connectivity index (χ4v) is 2.94. The van der Waals surface area contributed by atoms with Crippen LogP contribution in [0.1, 0.15) is 24.1 Å². The van der Waals surface area contributed by atoms with Crippen molar-refractivity contribution in [3.63, 3.8) is 0 Å². The van der Waals surface area contributed by atoms with E-state index < -0.39 is 0 Å². The molecule has 0 spiro atoms. The Kier molecular flexibility index (Phi) is 4.22. The lowest BCUT2D eigenvalue weighted by Crippen LogP contribution is -2.07. The van der Waals surface area contributed by atoms with Crippen LogP contribution in [-0.4, -0.2) is 0 Å². The van der Waals surface area contributed by atoms with Crippen LogP contribution in [0.2, 0.25) is 0 Å². The van der Waals surface area contributed by atoms with E-state index in [1.54, 1.807) is 26.0 Å². The van der Waals surface area contributed by atoms with Gasteiger partial charge in [-0.25, -0.2) is 8.78 Å². The van der Waals surface area contributed by atoms with E-state index in [0.717, 1.165) is 15.4 Å². The van der Waals surface area contributed by atoms with Crippen LogP contribution in [0.4, 0.5) is 8.78 Å². The summed E-state index contributed by atoms with van der Waals surface area (Å²) < 4.78 is 26.8. The Labute approximate surface area is 115 Å². The first kappa shape index (κ1) is 14.0. The third kappa shape index (κ3) is 3.33. The first-order valence-electron chi connectivity index (χ1n) is 5.96. The van der Waals surface area contributed by atoms with Crippen LogP contribution < -0.4 is 5.73 Å². The van der Waals surface area contributed by atoms with Gasteiger partial charge in [0, 0.05) is 15.8 Å². The summed E-state index contributed by atoms with van der Waals surface area (Å²) in [6.07, 6.45) is 0. The molecule has 1 atom stereocenters. The Morgan fingerprint density at radius 3 is 2.53 bits per heavy atom. The van der Waals surface area contributed by atoms with Crippen molar-refractivity contribution in [2.45, 2.75) is 29.7 Å². The average molecular weight is 279 g/mol. The van der Waals surface area contributed by atoms with Crippen LogP contribution in [0.3, 0.4) is 0 Å². The third-order valence-corrected chi connectivity index (χ3v) is 3.87. The Morgan fingerprint density at radius 1 is 1.16 bits per heavy atom. The zero-order valence-electron chi connectivity index (χ0n) is 10.8. The van der Waals surface area contributed by atoms with E-state index in [9.17, 15) is 8.78 Å². The van der Waals surface area contributed by atoms with Gasteiger partial charge >= 0.3 is 0 Å². The van der Waals surface area contributed by atoms with Gasteiger partial charge in [-0.2, -0.15) is 0 Å². The number of nitrogens with two attached hydrogens (primary N) is 1. The Morgan fingerprint density at radius 2 is 1.89 bits per heavy atom. The standard InChI is InChI=1S/C15H15F2NS/c1-9-6-15(13(10(2)18)8-14(9)17)19-12-5-3-4-11(16)7-12/h3-8,10H,18H2,1-2H3/t10-/m0/s1. The summed E-state index contributed by atoms with van der Waals surface area (Å²) in [6, 6.07) is 9.26. The molecule has 2 N–H and O–H groups in total. The minimum Gasteiger partial charge on any atom is -0.324 e. The van der Waals surface area contributed by atoms with Crippen LogP contribution in [0.5, 0.6) is 0 Å². The number of halogens is 2. The molecule has 4 heteroatoms. The van der Waals surface area contributed by atoms with Gasteiger partial charge in [-0.3, -0.25) is 0 Å². The SMILES string of the molecule is Cc1cc(Sc2cccc(F)c2)c([C@H](C)N)cc1F. The topological polar surface area (TPSA) is 26.0 Å². The molecule has 100 valence electrons. The molecule has 0 fully saturated rings. The normalized spacial score (nSPS) is 12.5. The number of hydrogen-bond donors (Lipinski definition) is 1. The first-order chi connectivity index (χ1) is 8.97. The molecule has 0 unspecified atom stereocenters. The lowest BCUT2D eigenvalue weighted by atomic mass is 10.1. The van der Waals surface area contributed by atoms with Crippen LogP contribution >= 0.6 is 11.8 Å². The highest BCUT2D eigenvalue weighted by atomic mass is 32.2. The van der Waals surface area contributed by atoms with Gasteiger partial charge in [-0.1, -0.05) is 17.8 Å². The summed E-state index contributed by atoms with van der Waals surface area (Å²) >= 11 is 1.39. The van der Waals surface area contributed by atoms with Gasteiger partial charge in [0.05, 0.1) is 0 Å². The monoisotopic (exact) mass is 279 g/mol. The minimum atomic E-state index is -0.286. The number of rotatable bonds is 3. The quantitative estimate of drug-likeness (QED) is 0.898. The van der Waals surface area contributed by atoms with Crippen molar-refractivity contribution >= 4 is 11.8 Å². The highest BCUT2D eigenvalue weighted by Crippen LogP contribution is 2.34. The second-order valence-electron chi connectivity index (χ2n) is 4.49. The van der Waals surface area contributed by atoms with Crippen molar-refractivity contribution < 1.29 is 8.78 Å². The van der Waals surface area contributed by atoms with E-state index in [-0.39, 0.29) is 17.7 Å². The smallest absolute Gasteiger partial charge is 0.126 e. The van der Waals surface area contributed by atoms with Crippen molar-refractivity contribution in [3.05, 3.63) is 59.2 Å². The Balaban J connectivity index is 2.41. The van der Waals surface area contributed by atoms with Crippen molar-refractivity contribution in [2.24, 2.45) is 5.73 Å². The van der Waals surface area contributed by atoms with E-state index in [0.29, 0.717) is 5.56 Å². The largest absolute Gasteiger partial charge is 0.324 e. The van der Waals surface area contributed by atoms with Gasteiger partial charge < -0.3 is 5.73 Å². The summed E-state index contributed by atoms with van der Waals surface area (Å²) in [5.41, 5.74) is 7.16. The van der Waals surface area contributed by atoms with E-state index in [1.165, 1.54) is 30.0 Å². The maximum Gasteiger partial charge on any atom is 0.126 e. The maximum atomic E-state index is 13.6. The summed E-state index contributed by atoms with van der Waals surface area (Å²) in [4.78, 5) is 1.63. The fourth-order valence-electron chi connectivity index (χ4n) is 1.77. The molecule has 2 rings (SSSR count). The third-order valence-electron chi connectivity index (χ3n) is 2.81. The predicted octanol–water partition coefficient (Wildman–Crippen LogP) is 4.44. The zero-order chi connectivity index (χ0) is 14.0. The molecule has 0 heterocycles. The predicted molar refractivity (Wildman–Crippen MR) is 74.3 cm³/mol. The van der Waals surface area contributed by atoms with Crippen molar-refractivity contribution in [1.29, 1.82) is 0 Å². The molecule has 0 aliphatic rings. The van der Waals surface area contributed by atoms with E-state index in [2.05, 4.69) is 0 Å². The van der Waals surface area contributed by atoms with Crippen molar-refractivity contribution in [1.82, 2.24) is 0 Å². The summed E-state index contributed by atoms with van der Waals surface area (Å²) in [6.45, 7) is 3.51. The van der Waals surface area contributed by atoms with Crippen molar-refractivity contribution in [3.8, 4) is 0 Å². The van der Waals surface area contributed by atoms with Crippen LogP contribution in [-0.2, 0) is 0 Å². The van der Waals surface area contributed by atoms with Gasteiger partial charge in [-0.15, -0.1) is 0 Å². The molecule has 0 aliphatic carbocycles. The van der Waals surface area contributed by atoms with E-state index >= 15 is 0 Å². The molecule has 0 amide bonds. The number of aryl methyl sites for hydroxylation is 1. The molecule has 2 aromatic rings.